The zero-order valence-corrected chi connectivity index (χ0v) is 18.4. The number of amides is 1. The monoisotopic (exact) mass is 446 g/mol. The molecule has 0 aliphatic carbocycles. The van der Waals surface area contributed by atoms with E-state index in [2.05, 4.69) is 20.9 Å². The molecule has 0 aromatic carbocycles. The first-order chi connectivity index (χ1) is 15.5. The molecule has 0 radical (unpaired) electrons. The Morgan fingerprint density at radius 3 is 2.88 bits per heavy atom. The van der Waals surface area contributed by atoms with Gasteiger partial charge in [0.1, 0.15) is 17.9 Å². The number of thiazole rings is 1. The van der Waals surface area contributed by atoms with Crippen molar-refractivity contribution in [3.63, 3.8) is 0 Å². The molecule has 3 aromatic rings. The maximum atomic E-state index is 13.6. The van der Waals surface area contributed by atoms with Crippen LogP contribution >= 0.6 is 11.3 Å². The van der Waals surface area contributed by atoms with Crippen LogP contribution in [-0.2, 0) is 11.3 Å². The minimum atomic E-state index is -0.570. The van der Waals surface area contributed by atoms with Gasteiger partial charge in [-0.2, -0.15) is 5.26 Å². The van der Waals surface area contributed by atoms with E-state index in [0.717, 1.165) is 23.6 Å². The van der Waals surface area contributed by atoms with E-state index in [-0.39, 0.29) is 23.3 Å². The Hall–Kier alpha value is -3.51. The minimum Gasteiger partial charge on any atom is -0.356 e. The largest absolute Gasteiger partial charge is 0.356 e. The fraction of sp³-hybridized carbons (Fsp3) is 0.348. The first-order valence-electron chi connectivity index (χ1n) is 10.5. The molecule has 2 bridgehead atoms. The zero-order chi connectivity index (χ0) is 22.2. The van der Waals surface area contributed by atoms with Crippen LogP contribution in [0.2, 0.25) is 0 Å². The van der Waals surface area contributed by atoms with Crippen LogP contribution < -0.4 is 10.5 Å². The number of anilines is 1. The highest BCUT2D eigenvalue weighted by molar-refractivity contribution is 7.07. The van der Waals surface area contributed by atoms with Gasteiger partial charge in [0.2, 0.25) is 5.91 Å². The van der Waals surface area contributed by atoms with Gasteiger partial charge in [0.05, 0.1) is 23.3 Å². The van der Waals surface area contributed by atoms with Gasteiger partial charge in [-0.1, -0.05) is 6.07 Å². The van der Waals surface area contributed by atoms with Crippen molar-refractivity contribution in [1.82, 2.24) is 19.4 Å². The summed E-state index contributed by atoms with van der Waals surface area (Å²) >= 11 is 1.50. The van der Waals surface area contributed by atoms with E-state index in [1.54, 1.807) is 40.4 Å². The van der Waals surface area contributed by atoms with Gasteiger partial charge in [-0.05, 0) is 24.6 Å². The maximum absolute atomic E-state index is 13.6. The number of carbonyl (C=O) groups excluding carboxylic acids is 1. The molecule has 1 saturated heterocycles. The standard InChI is InChI=1S/C23H22N6O2S/c1-27(12-18-13-32-14-26-18)23(31)22-17-7-16(19-3-2-4-21(30)29(19)22)10-28(11-17)20-6-5-15(8-24)9-25-20/h2-6,9,13-14,16-17,22H,7,10-12H2,1H3/t16-,17+,22+/m0/s1. The minimum absolute atomic E-state index is 0.0239. The number of hydrogen-bond donors (Lipinski definition) is 0. The van der Waals surface area contributed by atoms with Crippen molar-refractivity contribution in [2.45, 2.75) is 24.9 Å². The molecule has 5 heterocycles. The summed E-state index contributed by atoms with van der Waals surface area (Å²) in [6.45, 7) is 1.75. The van der Waals surface area contributed by atoms with E-state index in [0.29, 0.717) is 25.2 Å². The molecule has 2 aliphatic heterocycles. The second-order valence-corrected chi connectivity index (χ2v) is 9.11. The molecule has 3 aromatic heterocycles. The van der Waals surface area contributed by atoms with Crippen molar-refractivity contribution < 1.29 is 4.79 Å². The molecule has 5 rings (SSSR count). The molecule has 0 unspecified atom stereocenters. The quantitative estimate of drug-likeness (QED) is 0.611. The van der Waals surface area contributed by atoms with Crippen LogP contribution in [0.5, 0.6) is 0 Å². The molecule has 32 heavy (non-hydrogen) atoms. The van der Waals surface area contributed by atoms with E-state index in [1.165, 1.54) is 17.4 Å². The number of pyridine rings is 2. The lowest BCUT2D eigenvalue weighted by atomic mass is 9.78. The lowest BCUT2D eigenvalue weighted by Crippen LogP contribution is -2.53. The Balaban J connectivity index is 1.50. The Bertz CT molecular complexity index is 1230. The van der Waals surface area contributed by atoms with Gasteiger partial charge in [-0.15, -0.1) is 11.3 Å². The second-order valence-electron chi connectivity index (χ2n) is 8.39. The summed E-state index contributed by atoms with van der Waals surface area (Å²) in [5.41, 5.74) is 3.87. The molecular formula is C23H22N6O2S. The van der Waals surface area contributed by atoms with Crippen LogP contribution in [0.25, 0.3) is 0 Å². The van der Waals surface area contributed by atoms with Crippen molar-refractivity contribution >= 4 is 23.1 Å². The summed E-state index contributed by atoms with van der Waals surface area (Å²) in [6.07, 6.45) is 2.42. The molecular weight excluding hydrogens is 424 g/mol. The highest BCUT2D eigenvalue weighted by Crippen LogP contribution is 2.42. The van der Waals surface area contributed by atoms with Gasteiger partial charge < -0.3 is 9.80 Å². The molecule has 9 heteroatoms. The van der Waals surface area contributed by atoms with Crippen molar-refractivity contribution in [1.29, 1.82) is 5.26 Å². The summed E-state index contributed by atoms with van der Waals surface area (Å²) in [5, 5.41) is 11.0. The van der Waals surface area contributed by atoms with Crippen molar-refractivity contribution in [3.8, 4) is 6.07 Å². The third-order valence-corrected chi connectivity index (χ3v) is 7.00. The maximum Gasteiger partial charge on any atom is 0.251 e. The van der Waals surface area contributed by atoms with E-state index in [1.807, 2.05) is 17.5 Å². The predicted molar refractivity (Wildman–Crippen MR) is 120 cm³/mol. The summed E-state index contributed by atoms with van der Waals surface area (Å²) < 4.78 is 1.71. The van der Waals surface area contributed by atoms with Crippen LogP contribution in [0, 0.1) is 17.2 Å². The van der Waals surface area contributed by atoms with Gasteiger partial charge in [0.25, 0.3) is 5.56 Å². The third-order valence-electron chi connectivity index (χ3n) is 6.36. The number of likely N-dealkylation sites (N-methyl/N-ethyl adjacent to an activating group) is 1. The number of aromatic nitrogens is 3. The average molecular weight is 447 g/mol. The SMILES string of the molecule is CN(Cc1cscn1)C(=O)[C@H]1[C@@H]2C[C@@H](CN(c3ccc(C#N)cn3)C2)c2cccc(=O)n21. The topological polar surface area (TPSA) is 95.1 Å². The molecule has 0 saturated carbocycles. The van der Waals surface area contributed by atoms with Crippen molar-refractivity contribution in [2.75, 3.05) is 25.0 Å². The van der Waals surface area contributed by atoms with Gasteiger partial charge >= 0.3 is 0 Å². The van der Waals surface area contributed by atoms with Crippen molar-refractivity contribution in [3.05, 3.63) is 74.7 Å². The number of carbonyl (C=O) groups is 1. The van der Waals surface area contributed by atoms with E-state index >= 15 is 0 Å². The van der Waals surface area contributed by atoms with Crippen LogP contribution in [0.1, 0.15) is 35.3 Å². The lowest BCUT2D eigenvalue weighted by Gasteiger charge is -2.47. The van der Waals surface area contributed by atoms with Gasteiger partial charge in [0.15, 0.2) is 0 Å². The molecule has 0 spiro atoms. The Morgan fingerprint density at radius 2 is 2.16 bits per heavy atom. The number of nitrogens with zero attached hydrogens (tertiary/aromatic N) is 6. The van der Waals surface area contributed by atoms with E-state index in [4.69, 9.17) is 5.26 Å². The summed E-state index contributed by atoms with van der Waals surface area (Å²) in [4.78, 5) is 39.1. The third kappa shape index (κ3) is 3.56. The van der Waals surface area contributed by atoms with E-state index < -0.39 is 6.04 Å². The van der Waals surface area contributed by atoms with E-state index in [9.17, 15) is 9.59 Å². The van der Waals surface area contributed by atoms with Crippen LogP contribution in [0.3, 0.4) is 0 Å². The Kier molecular flexibility index (Phi) is 5.23. The molecule has 0 N–H and O–H groups in total. The molecule has 2 aliphatic rings. The van der Waals surface area contributed by atoms with Crippen LogP contribution in [0.4, 0.5) is 5.82 Å². The zero-order valence-electron chi connectivity index (χ0n) is 17.6. The average Bonchev–Trinajstić information content (AvgIpc) is 3.32. The second kappa shape index (κ2) is 8.20. The summed E-state index contributed by atoms with van der Waals surface area (Å²) in [6, 6.07) is 10.4. The first kappa shape index (κ1) is 20.4. The summed E-state index contributed by atoms with van der Waals surface area (Å²) in [7, 11) is 1.77. The Labute approximate surface area is 189 Å². The number of fused-ring (bicyclic) bond motifs is 4. The molecule has 1 fully saturated rings. The summed E-state index contributed by atoms with van der Waals surface area (Å²) in [5.74, 6) is 0.815. The lowest BCUT2D eigenvalue weighted by molar-refractivity contribution is -0.136. The van der Waals surface area contributed by atoms with Gasteiger partial charge in [-0.25, -0.2) is 9.97 Å². The number of piperidine rings is 1. The fourth-order valence-electron chi connectivity index (χ4n) is 4.94. The first-order valence-corrected chi connectivity index (χ1v) is 11.4. The van der Waals surface area contributed by atoms with Crippen LogP contribution in [-0.4, -0.2) is 45.5 Å². The molecule has 8 nitrogen and oxygen atoms in total. The number of nitriles is 1. The number of hydrogen-bond acceptors (Lipinski definition) is 7. The molecule has 1 amide bonds. The highest BCUT2D eigenvalue weighted by Gasteiger charge is 2.44. The van der Waals surface area contributed by atoms with Gasteiger partial charge in [-0.3, -0.25) is 14.2 Å². The fourth-order valence-corrected chi connectivity index (χ4v) is 5.49. The highest BCUT2D eigenvalue weighted by atomic mass is 32.1. The Morgan fingerprint density at radius 1 is 1.28 bits per heavy atom. The van der Waals surface area contributed by atoms with Gasteiger partial charge in [0, 0.05) is 55.3 Å². The predicted octanol–water partition coefficient (Wildman–Crippen LogP) is 2.39. The molecule has 162 valence electrons. The van der Waals surface area contributed by atoms with Crippen molar-refractivity contribution in [2.24, 2.45) is 5.92 Å². The normalized spacial score (nSPS) is 21.5. The number of rotatable bonds is 4. The van der Waals surface area contributed by atoms with Crippen LogP contribution in [0.15, 0.2) is 52.2 Å². The smallest absolute Gasteiger partial charge is 0.251 e. The molecule has 3 atom stereocenters.